The van der Waals surface area contributed by atoms with Gasteiger partial charge in [0, 0.05) is 16.6 Å². The quantitative estimate of drug-likeness (QED) is 0.562. The van der Waals surface area contributed by atoms with E-state index in [0.717, 1.165) is 16.0 Å². The molecule has 152 valence electrons. The van der Waals surface area contributed by atoms with Gasteiger partial charge in [-0.25, -0.2) is 4.90 Å². The van der Waals surface area contributed by atoms with Crippen LogP contribution in [0.2, 0.25) is 0 Å². The van der Waals surface area contributed by atoms with Crippen LogP contribution >= 0.6 is 11.3 Å². The molecule has 2 aromatic carbocycles. The second-order valence-corrected chi connectivity index (χ2v) is 8.05. The Kier molecular flexibility index (Phi) is 5.42. The van der Waals surface area contributed by atoms with Crippen molar-refractivity contribution in [2.75, 3.05) is 16.8 Å². The first kappa shape index (κ1) is 19.9. The molecule has 0 fully saturated rings. The summed E-state index contributed by atoms with van der Waals surface area (Å²) in [5, 5.41) is 5.08. The zero-order chi connectivity index (χ0) is 21.3. The fourth-order valence-corrected chi connectivity index (χ4v) is 4.35. The van der Waals surface area contributed by atoms with E-state index < -0.39 is 0 Å². The number of hydrogen-bond donors (Lipinski definition) is 1. The molecule has 4 rings (SSSR count). The number of aryl methyl sites for hydroxylation is 2. The smallest absolute Gasteiger partial charge is 0.282 e. The first-order chi connectivity index (χ1) is 14.5. The zero-order valence-electron chi connectivity index (χ0n) is 17.1. The summed E-state index contributed by atoms with van der Waals surface area (Å²) in [6, 6.07) is 16.8. The molecule has 1 aromatic heterocycles. The van der Waals surface area contributed by atoms with Gasteiger partial charge in [0.05, 0.1) is 17.9 Å². The highest BCUT2D eigenvalue weighted by atomic mass is 32.1. The van der Waals surface area contributed by atoms with Crippen molar-refractivity contribution in [3.63, 3.8) is 0 Å². The van der Waals surface area contributed by atoms with Crippen molar-refractivity contribution >= 4 is 40.1 Å². The summed E-state index contributed by atoms with van der Waals surface area (Å²) < 4.78 is 5.56. The number of carbonyl (C=O) groups excluding carboxylic acids is 2. The molecule has 0 radical (unpaired) electrons. The van der Waals surface area contributed by atoms with Crippen LogP contribution < -0.4 is 15.0 Å². The van der Waals surface area contributed by atoms with E-state index in [4.69, 9.17) is 4.74 Å². The molecular formula is C24H22N2O3S. The van der Waals surface area contributed by atoms with Gasteiger partial charge in [-0.05, 0) is 67.6 Å². The molecule has 1 aliphatic rings. The van der Waals surface area contributed by atoms with Gasteiger partial charge in [0.2, 0.25) is 0 Å². The third-order valence-corrected chi connectivity index (χ3v) is 5.62. The Morgan fingerprint density at radius 1 is 0.967 bits per heavy atom. The number of hydrogen-bond acceptors (Lipinski definition) is 5. The second kappa shape index (κ2) is 8.16. The minimum atomic E-state index is -0.366. The molecule has 1 N–H and O–H groups in total. The van der Waals surface area contributed by atoms with Crippen LogP contribution in [0.15, 0.2) is 65.7 Å². The van der Waals surface area contributed by atoms with Crippen LogP contribution in [0.1, 0.15) is 22.9 Å². The number of nitrogens with one attached hydrogen (secondary N) is 1. The van der Waals surface area contributed by atoms with E-state index in [1.165, 1.54) is 16.2 Å². The van der Waals surface area contributed by atoms with Crippen molar-refractivity contribution in [2.24, 2.45) is 0 Å². The normalized spacial score (nSPS) is 13.9. The number of anilines is 2. The van der Waals surface area contributed by atoms with Crippen LogP contribution in [0.25, 0.3) is 5.57 Å². The Bertz CT molecular complexity index is 1130. The Hall–Kier alpha value is -3.38. The number of carbonyl (C=O) groups is 2. The number of ether oxygens (including phenoxy) is 1. The third kappa shape index (κ3) is 3.74. The highest BCUT2D eigenvalue weighted by molar-refractivity contribution is 7.11. The van der Waals surface area contributed by atoms with Gasteiger partial charge in [0.15, 0.2) is 0 Å². The molecule has 30 heavy (non-hydrogen) atoms. The third-order valence-electron chi connectivity index (χ3n) is 4.73. The molecule has 2 heterocycles. The lowest BCUT2D eigenvalue weighted by Crippen LogP contribution is -2.32. The van der Waals surface area contributed by atoms with Gasteiger partial charge in [-0.1, -0.05) is 18.2 Å². The monoisotopic (exact) mass is 418 g/mol. The number of amides is 2. The highest BCUT2D eigenvalue weighted by Gasteiger charge is 2.40. The molecule has 0 unspecified atom stereocenters. The van der Waals surface area contributed by atoms with E-state index in [1.807, 2.05) is 80.7 Å². The van der Waals surface area contributed by atoms with E-state index in [0.29, 0.717) is 29.3 Å². The number of rotatable bonds is 6. The lowest BCUT2D eigenvalue weighted by atomic mass is 10.1. The van der Waals surface area contributed by atoms with E-state index in [2.05, 4.69) is 5.32 Å². The van der Waals surface area contributed by atoms with Gasteiger partial charge in [-0.2, -0.15) is 0 Å². The molecule has 0 bridgehead atoms. The summed E-state index contributed by atoms with van der Waals surface area (Å²) in [5.74, 6) is 0.00911. The minimum Gasteiger partial charge on any atom is -0.494 e. The van der Waals surface area contributed by atoms with Crippen molar-refractivity contribution in [1.29, 1.82) is 0 Å². The number of nitrogens with zero attached hydrogens (tertiary/aromatic N) is 1. The predicted molar refractivity (Wildman–Crippen MR) is 121 cm³/mol. The average molecular weight is 419 g/mol. The Balaban J connectivity index is 1.78. The van der Waals surface area contributed by atoms with Crippen molar-refractivity contribution in [1.82, 2.24) is 0 Å². The summed E-state index contributed by atoms with van der Waals surface area (Å²) in [7, 11) is 0. The van der Waals surface area contributed by atoms with E-state index in [1.54, 1.807) is 0 Å². The van der Waals surface area contributed by atoms with Gasteiger partial charge in [-0.3, -0.25) is 9.59 Å². The number of benzene rings is 2. The average Bonchev–Trinajstić information content (AvgIpc) is 3.29. The van der Waals surface area contributed by atoms with Crippen molar-refractivity contribution in [3.8, 4) is 5.75 Å². The van der Waals surface area contributed by atoms with Crippen LogP contribution in [0.5, 0.6) is 5.75 Å². The van der Waals surface area contributed by atoms with Gasteiger partial charge in [-0.15, -0.1) is 11.3 Å². The molecule has 2 amide bonds. The van der Waals surface area contributed by atoms with Crippen molar-refractivity contribution < 1.29 is 14.3 Å². The zero-order valence-corrected chi connectivity index (χ0v) is 17.9. The van der Waals surface area contributed by atoms with Gasteiger partial charge in [0.25, 0.3) is 11.8 Å². The summed E-state index contributed by atoms with van der Waals surface area (Å²) in [6.45, 7) is 6.37. The van der Waals surface area contributed by atoms with E-state index in [9.17, 15) is 9.59 Å². The number of imide groups is 1. The van der Waals surface area contributed by atoms with Crippen LogP contribution in [0, 0.1) is 13.8 Å². The molecule has 0 saturated heterocycles. The fourth-order valence-electron chi connectivity index (χ4n) is 3.58. The van der Waals surface area contributed by atoms with Gasteiger partial charge < -0.3 is 10.1 Å². The Morgan fingerprint density at radius 2 is 1.73 bits per heavy atom. The maximum atomic E-state index is 13.4. The molecule has 5 nitrogen and oxygen atoms in total. The Morgan fingerprint density at radius 3 is 2.40 bits per heavy atom. The first-order valence-electron chi connectivity index (χ1n) is 9.73. The van der Waals surface area contributed by atoms with Crippen molar-refractivity contribution in [3.05, 3.63) is 81.7 Å². The second-order valence-electron chi connectivity index (χ2n) is 7.10. The maximum Gasteiger partial charge on any atom is 0.282 e. The molecule has 0 saturated carbocycles. The lowest BCUT2D eigenvalue weighted by molar-refractivity contribution is -0.120. The highest BCUT2D eigenvalue weighted by Crippen LogP contribution is 2.36. The molecule has 3 aromatic rings. The molecule has 6 heteroatoms. The van der Waals surface area contributed by atoms with Gasteiger partial charge in [0.1, 0.15) is 11.4 Å². The summed E-state index contributed by atoms with van der Waals surface area (Å²) in [5.41, 5.74) is 3.92. The van der Waals surface area contributed by atoms with E-state index >= 15 is 0 Å². The van der Waals surface area contributed by atoms with Crippen LogP contribution in [0.4, 0.5) is 11.4 Å². The fraction of sp³-hybridized carbons (Fsp3) is 0.167. The molecule has 0 atom stereocenters. The summed E-state index contributed by atoms with van der Waals surface area (Å²) >= 11 is 1.43. The molecular weight excluding hydrogens is 396 g/mol. The molecule has 1 aliphatic heterocycles. The molecule has 0 spiro atoms. The summed E-state index contributed by atoms with van der Waals surface area (Å²) in [6.07, 6.45) is 0. The largest absolute Gasteiger partial charge is 0.494 e. The van der Waals surface area contributed by atoms with Crippen molar-refractivity contribution in [2.45, 2.75) is 20.8 Å². The molecule has 0 aliphatic carbocycles. The Labute approximate surface area is 179 Å². The number of thiophene rings is 1. The van der Waals surface area contributed by atoms with Gasteiger partial charge >= 0.3 is 0 Å². The maximum absolute atomic E-state index is 13.4. The van der Waals surface area contributed by atoms with E-state index in [-0.39, 0.29) is 17.5 Å². The minimum absolute atomic E-state index is 0.273. The van der Waals surface area contributed by atoms with Crippen LogP contribution in [-0.2, 0) is 9.59 Å². The summed E-state index contributed by atoms with van der Waals surface area (Å²) in [4.78, 5) is 28.8. The SMILES string of the molecule is CCOc1cccc(NC2=C(c3cccs3)C(=O)N(c3cc(C)cc(C)c3)C2=O)c1. The lowest BCUT2D eigenvalue weighted by Gasteiger charge is -2.17. The topological polar surface area (TPSA) is 58.6 Å². The standard InChI is InChI=1S/C24H22N2O3S/c1-4-29-19-8-5-7-17(14-19)25-22-21(20-9-6-10-30-20)23(27)26(24(22)28)18-12-15(2)11-16(3)13-18/h5-14,25H,4H2,1-3H3. The van der Waals surface area contributed by atoms with Crippen LogP contribution in [0.3, 0.4) is 0 Å². The predicted octanol–water partition coefficient (Wildman–Crippen LogP) is 5.16. The first-order valence-corrected chi connectivity index (χ1v) is 10.6. The van der Waals surface area contributed by atoms with Crippen LogP contribution in [-0.4, -0.2) is 18.4 Å².